The van der Waals surface area contributed by atoms with Crippen molar-refractivity contribution in [2.75, 3.05) is 20.7 Å². The number of hydrogen-bond acceptors (Lipinski definition) is 5. The number of hydrogen-bond donors (Lipinski definition) is 0. The van der Waals surface area contributed by atoms with Gasteiger partial charge in [-0.1, -0.05) is 11.1 Å². The zero-order valence-corrected chi connectivity index (χ0v) is 9.23. The van der Waals surface area contributed by atoms with Crippen LogP contribution in [0.25, 0.3) is 0 Å². The van der Waals surface area contributed by atoms with E-state index in [0.717, 1.165) is 0 Å². The fourth-order valence-corrected chi connectivity index (χ4v) is 1.09. The molecule has 0 aliphatic heterocycles. The number of ether oxygens (including phenoxy) is 1. The molecule has 0 aromatic carbocycles. The van der Waals surface area contributed by atoms with Crippen LogP contribution in [0.15, 0.2) is 4.52 Å². The minimum atomic E-state index is 0.0131. The van der Waals surface area contributed by atoms with E-state index in [1.165, 1.54) is 0 Å². The molecule has 1 atom stereocenters. The van der Waals surface area contributed by atoms with Crippen LogP contribution in [0.5, 0.6) is 0 Å². The molecule has 15 heavy (non-hydrogen) atoms. The van der Waals surface area contributed by atoms with E-state index < -0.39 is 0 Å². The van der Waals surface area contributed by atoms with Gasteiger partial charge in [0, 0.05) is 7.11 Å². The molecule has 0 spiro atoms. The van der Waals surface area contributed by atoms with Crippen molar-refractivity contribution in [3.63, 3.8) is 0 Å². The molecular weight excluding hydrogens is 194 g/mol. The lowest BCUT2D eigenvalue weighted by atomic mass is 10.3. The van der Waals surface area contributed by atoms with Crippen molar-refractivity contribution in [2.24, 2.45) is 0 Å². The van der Waals surface area contributed by atoms with Gasteiger partial charge in [-0.3, -0.25) is 4.90 Å². The van der Waals surface area contributed by atoms with Crippen LogP contribution in [0, 0.1) is 12.3 Å². The van der Waals surface area contributed by atoms with Gasteiger partial charge in [0.1, 0.15) is 6.61 Å². The van der Waals surface area contributed by atoms with E-state index in [9.17, 15) is 0 Å². The Morgan fingerprint density at radius 1 is 1.67 bits per heavy atom. The summed E-state index contributed by atoms with van der Waals surface area (Å²) in [4.78, 5) is 6.14. The van der Waals surface area contributed by atoms with Crippen LogP contribution in [0.1, 0.15) is 24.7 Å². The van der Waals surface area contributed by atoms with Crippen LogP contribution in [0.2, 0.25) is 0 Å². The summed E-state index contributed by atoms with van der Waals surface area (Å²) in [6, 6.07) is 0.0131. The predicted octanol–water partition coefficient (Wildman–Crippen LogP) is 0.842. The Kier molecular flexibility index (Phi) is 4.28. The van der Waals surface area contributed by atoms with E-state index in [4.69, 9.17) is 15.7 Å². The molecule has 0 aliphatic rings. The molecule has 0 radical (unpaired) electrons. The van der Waals surface area contributed by atoms with E-state index in [1.54, 1.807) is 7.11 Å². The molecule has 5 heteroatoms. The fraction of sp³-hybridized carbons (Fsp3) is 0.600. The molecule has 1 aromatic rings. The molecule has 1 aromatic heterocycles. The van der Waals surface area contributed by atoms with Gasteiger partial charge in [-0.2, -0.15) is 4.98 Å². The molecule has 0 bridgehead atoms. The van der Waals surface area contributed by atoms with Gasteiger partial charge in [0.05, 0.1) is 12.6 Å². The second-order valence-corrected chi connectivity index (χ2v) is 3.28. The van der Waals surface area contributed by atoms with Crippen LogP contribution < -0.4 is 0 Å². The van der Waals surface area contributed by atoms with E-state index in [-0.39, 0.29) is 6.04 Å². The Balaban J connectivity index is 2.65. The molecule has 1 heterocycles. The highest BCUT2D eigenvalue weighted by Crippen LogP contribution is 2.15. The summed E-state index contributed by atoms with van der Waals surface area (Å²) in [6.45, 7) is 2.86. The second-order valence-electron chi connectivity index (χ2n) is 3.28. The van der Waals surface area contributed by atoms with E-state index in [0.29, 0.717) is 24.9 Å². The number of aromatic nitrogens is 2. The number of methoxy groups -OCH3 is 1. The molecule has 0 unspecified atom stereocenters. The third-order valence-electron chi connectivity index (χ3n) is 2.12. The second kappa shape index (κ2) is 5.49. The standard InChI is InChI=1S/C10H15N3O2/c1-5-6-13(3)8(2)10-11-9(7-14-4)12-15-10/h1,8H,6-7H2,2-4H3/t8-/m1/s1. The van der Waals surface area contributed by atoms with Crippen LogP contribution in [-0.4, -0.2) is 35.7 Å². The number of rotatable bonds is 5. The summed E-state index contributed by atoms with van der Waals surface area (Å²) in [5, 5.41) is 3.78. The Hall–Kier alpha value is -1.38. The number of terminal acetylenes is 1. The SMILES string of the molecule is C#CCN(C)[C@H](C)c1nc(COC)no1. The molecule has 0 saturated heterocycles. The highest BCUT2D eigenvalue weighted by atomic mass is 16.5. The minimum absolute atomic E-state index is 0.0131. The Labute approximate surface area is 89.4 Å². The first-order valence-electron chi connectivity index (χ1n) is 4.64. The first-order chi connectivity index (χ1) is 7.19. The molecule has 5 nitrogen and oxygen atoms in total. The molecule has 0 saturated carbocycles. The maximum atomic E-state index is 5.22. The molecule has 0 amide bonds. The maximum Gasteiger partial charge on any atom is 0.243 e. The van der Waals surface area contributed by atoms with Crippen molar-refractivity contribution < 1.29 is 9.26 Å². The summed E-state index contributed by atoms with van der Waals surface area (Å²) in [6.07, 6.45) is 5.22. The summed E-state index contributed by atoms with van der Waals surface area (Å²) in [7, 11) is 3.49. The Morgan fingerprint density at radius 2 is 2.40 bits per heavy atom. The quantitative estimate of drug-likeness (QED) is 0.673. The van der Waals surface area contributed by atoms with Crippen molar-refractivity contribution in [3.05, 3.63) is 11.7 Å². The van der Waals surface area contributed by atoms with Gasteiger partial charge in [-0.25, -0.2) is 0 Å². The lowest BCUT2D eigenvalue weighted by Gasteiger charge is -2.18. The van der Waals surface area contributed by atoms with Crippen molar-refractivity contribution in [1.82, 2.24) is 15.0 Å². The van der Waals surface area contributed by atoms with Crippen molar-refractivity contribution in [2.45, 2.75) is 19.6 Å². The summed E-state index contributed by atoms with van der Waals surface area (Å²) in [5.74, 6) is 3.67. The van der Waals surface area contributed by atoms with Gasteiger partial charge in [0.15, 0.2) is 5.82 Å². The normalized spacial score (nSPS) is 12.7. The van der Waals surface area contributed by atoms with Crippen LogP contribution in [-0.2, 0) is 11.3 Å². The van der Waals surface area contributed by atoms with Crippen LogP contribution in [0.4, 0.5) is 0 Å². The zero-order valence-electron chi connectivity index (χ0n) is 9.23. The van der Waals surface area contributed by atoms with Gasteiger partial charge in [0.25, 0.3) is 0 Å². The topological polar surface area (TPSA) is 51.4 Å². The van der Waals surface area contributed by atoms with Gasteiger partial charge < -0.3 is 9.26 Å². The maximum absolute atomic E-state index is 5.22. The minimum Gasteiger partial charge on any atom is -0.377 e. The third kappa shape index (κ3) is 3.05. The first-order valence-corrected chi connectivity index (χ1v) is 4.64. The highest BCUT2D eigenvalue weighted by molar-refractivity contribution is 4.95. The van der Waals surface area contributed by atoms with Gasteiger partial charge in [-0.15, -0.1) is 6.42 Å². The molecular formula is C10H15N3O2. The zero-order chi connectivity index (χ0) is 11.3. The Bertz CT molecular complexity index is 343. The summed E-state index contributed by atoms with van der Waals surface area (Å²) >= 11 is 0. The lowest BCUT2D eigenvalue weighted by Crippen LogP contribution is -2.22. The summed E-state index contributed by atoms with van der Waals surface area (Å²) in [5.41, 5.74) is 0. The van der Waals surface area contributed by atoms with Gasteiger partial charge in [-0.05, 0) is 14.0 Å². The molecule has 0 fully saturated rings. The highest BCUT2D eigenvalue weighted by Gasteiger charge is 2.17. The van der Waals surface area contributed by atoms with Crippen LogP contribution >= 0.6 is 0 Å². The van der Waals surface area contributed by atoms with Gasteiger partial charge >= 0.3 is 0 Å². The number of nitrogens with zero attached hydrogens (tertiary/aromatic N) is 3. The summed E-state index contributed by atoms with van der Waals surface area (Å²) < 4.78 is 9.99. The largest absolute Gasteiger partial charge is 0.377 e. The third-order valence-corrected chi connectivity index (χ3v) is 2.12. The Morgan fingerprint density at radius 3 is 3.00 bits per heavy atom. The first kappa shape index (κ1) is 11.7. The lowest BCUT2D eigenvalue weighted by molar-refractivity contribution is 0.174. The van der Waals surface area contributed by atoms with E-state index in [1.807, 2.05) is 18.9 Å². The average Bonchev–Trinajstić information content (AvgIpc) is 2.66. The molecule has 0 aliphatic carbocycles. The molecule has 0 N–H and O–H groups in total. The monoisotopic (exact) mass is 209 g/mol. The van der Waals surface area contributed by atoms with E-state index >= 15 is 0 Å². The van der Waals surface area contributed by atoms with Crippen LogP contribution in [0.3, 0.4) is 0 Å². The molecule has 82 valence electrons. The smallest absolute Gasteiger partial charge is 0.243 e. The fourth-order valence-electron chi connectivity index (χ4n) is 1.09. The van der Waals surface area contributed by atoms with Crippen molar-refractivity contribution >= 4 is 0 Å². The molecule has 1 rings (SSSR count). The van der Waals surface area contributed by atoms with Gasteiger partial charge in [0.2, 0.25) is 5.89 Å². The average molecular weight is 209 g/mol. The predicted molar refractivity (Wildman–Crippen MR) is 54.9 cm³/mol. The van der Waals surface area contributed by atoms with Crippen molar-refractivity contribution in [3.8, 4) is 12.3 Å². The van der Waals surface area contributed by atoms with E-state index in [2.05, 4.69) is 16.1 Å². The van der Waals surface area contributed by atoms with Crippen molar-refractivity contribution in [1.29, 1.82) is 0 Å².